The van der Waals surface area contributed by atoms with E-state index in [1.807, 2.05) is 24.3 Å². The number of furan rings is 1. The molecule has 0 fully saturated rings. The summed E-state index contributed by atoms with van der Waals surface area (Å²) in [5, 5.41) is 6.74. The Labute approximate surface area is 171 Å². The van der Waals surface area contributed by atoms with Gasteiger partial charge in [0.25, 0.3) is 0 Å². The molecule has 0 unspecified atom stereocenters. The van der Waals surface area contributed by atoms with Crippen LogP contribution in [0.4, 0.5) is 0 Å². The van der Waals surface area contributed by atoms with Gasteiger partial charge in [-0.2, -0.15) is 0 Å². The van der Waals surface area contributed by atoms with Gasteiger partial charge >= 0.3 is 0 Å². The maximum atomic E-state index is 5.42. The molecule has 26 heavy (non-hydrogen) atoms. The van der Waals surface area contributed by atoms with Crippen LogP contribution in [0.3, 0.4) is 0 Å². The molecule has 6 nitrogen and oxygen atoms in total. The molecule has 142 valence electrons. The van der Waals surface area contributed by atoms with Crippen LogP contribution in [-0.2, 0) is 12.8 Å². The molecule has 0 aliphatic carbocycles. The zero-order valence-corrected chi connectivity index (χ0v) is 17.3. The Morgan fingerprint density at radius 2 is 1.88 bits per heavy atom. The summed E-state index contributed by atoms with van der Waals surface area (Å²) in [7, 11) is 0. The minimum atomic E-state index is 0. The van der Waals surface area contributed by atoms with Gasteiger partial charge in [0.2, 0.25) is 6.79 Å². The molecule has 0 amide bonds. The van der Waals surface area contributed by atoms with Gasteiger partial charge in [-0.05, 0) is 42.7 Å². The number of nitrogens with one attached hydrogen (secondary N) is 2. The number of hydrogen-bond acceptors (Lipinski definition) is 4. The Morgan fingerprint density at radius 3 is 2.65 bits per heavy atom. The maximum absolute atomic E-state index is 5.42. The van der Waals surface area contributed by atoms with Crippen LogP contribution in [0.5, 0.6) is 11.5 Å². The molecule has 7 heteroatoms. The number of halogens is 1. The zero-order valence-electron chi connectivity index (χ0n) is 15.0. The number of benzene rings is 1. The summed E-state index contributed by atoms with van der Waals surface area (Å²) in [6.07, 6.45) is 4.45. The molecular weight excluding hydrogens is 445 g/mol. The van der Waals surface area contributed by atoms with E-state index < -0.39 is 0 Å². The molecule has 1 aromatic heterocycles. The summed E-state index contributed by atoms with van der Waals surface area (Å²) < 4.78 is 16.1. The Bertz CT molecular complexity index is 689. The van der Waals surface area contributed by atoms with Crippen LogP contribution in [0.1, 0.15) is 24.7 Å². The number of fused-ring (bicyclic) bond motifs is 1. The molecule has 0 saturated carbocycles. The smallest absolute Gasteiger partial charge is 0.231 e. The van der Waals surface area contributed by atoms with Crippen molar-refractivity contribution in [1.82, 2.24) is 10.6 Å². The quantitative estimate of drug-likeness (QED) is 0.351. The van der Waals surface area contributed by atoms with Crippen molar-refractivity contribution < 1.29 is 13.9 Å². The Kier molecular flexibility index (Phi) is 8.60. The summed E-state index contributed by atoms with van der Waals surface area (Å²) in [5.74, 6) is 3.47. The molecular formula is C19H26IN3O3. The van der Waals surface area contributed by atoms with Crippen LogP contribution in [-0.4, -0.2) is 32.4 Å². The second-order valence-electron chi connectivity index (χ2n) is 5.85. The molecule has 1 aromatic carbocycles. The standard InChI is InChI=1S/C19H25N3O3.HI/c1-2-9-20-19(22-11-8-16-4-3-12-23-16)21-10-7-15-5-6-17-18(13-15)25-14-24-17;/h3-6,12-13H,2,7-11,14H2,1H3,(H2,20,21,22);1H. The second kappa shape index (κ2) is 10.9. The van der Waals surface area contributed by atoms with Crippen LogP contribution in [0.15, 0.2) is 46.0 Å². The predicted molar refractivity (Wildman–Crippen MR) is 113 cm³/mol. The average Bonchev–Trinajstić information content (AvgIpc) is 3.30. The van der Waals surface area contributed by atoms with Gasteiger partial charge in [-0.15, -0.1) is 24.0 Å². The van der Waals surface area contributed by atoms with Gasteiger partial charge in [0.05, 0.1) is 6.26 Å². The van der Waals surface area contributed by atoms with Crippen LogP contribution in [0, 0.1) is 0 Å². The number of ether oxygens (including phenoxy) is 2. The predicted octanol–water partition coefficient (Wildman–Crippen LogP) is 3.36. The lowest BCUT2D eigenvalue weighted by Gasteiger charge is -2.12. The van der Waals surface area contributed by atoms with Crippen molar-refractivity contribution >= 4 is 29.9 Å². The first kappa shape index (κ1) is 20.4. The third kappa shape index (κ3) is 6.12. The van der Waals surface area contributed by atoms with Crippen molar-refractivity contribution in [2.75, 3.05) is 26.4 Å². The maximum Gasteiger partial charge on any atom is 0.231 e. The summed E-state index contributed by atoms with van der Waals surface area (Å²) in [5.41, 5.74) is 1.21. The van der Waals surface area contributed by atoms with Gasteiger partial charge in [-0.1, -0.05) is 13.0 Å². The molecule has 0 bridgehead atoms. The minimum absolute atomic E-state index is 0. The topological polar surface area (TPSA) is 68.0 Å². The molecule has 0 radical (unpaired) electrons. The van der Waals surface area contributed by atoms with Gasteiger partial charge < -0.3 is 24.5 Å². The van der Waals surface area contributed by atoms with Crippen molar-refractivity contribution in [2.45, 2.75) is 26.2 Å². The largest absolute Gasteiger partial charge is 0.469 e. The molecule has 2 aromatic rings. The van der Waals surface area contributed by atoms with Crippen LogP contribution in [0.25, 0.3) is 0 Å². The summed E-state index contributed by atoms with van der Waals surface area (Å²) in [4.78, 5) is 4.57. The van der Waals surface area contributed by atoms with E-state index in [0.717, 1.165) is 62.1 Å². The second-order valence-corrected chi connectivity index (χ2v) is 5.85. The third-order valence-electron chi connectivity index (χ3n) is 3.88. The first-order chi connectivity index (χ1) is 12.3. The van der Waals surface area contributed by atoms with E-state index in [4.69, 9.17) is 13.9 Å². The SMILES string of the molecule is CCCN=C(NCCc1ccc2c(c1)OCO2)NCCc1ccco1.I. The fraction of sp³-hybridized carbons (Fsp3) is 0.421. The molecule has 0 atom stereocenters. The first-order valence-corrected chi connectivity index (χ1v) is 8.78. The monoisotopic (exact) mass is 471 g/mol. The first-order valence-electron chi connectivity index (χ1n) is 8.78. The highest BCUT2D eigenvalue weighted by Crippen LogP contribution is 2.32. The fourth-order valence-electron chi connectivity index (χ4n) is 2.58. The summed E-state index contributed by atoms with van der Waals surface area (Å²) in [6.45, 7) is 4.82. The number of rotatable bonds is 8. The van der Waals surface area contributed by atoms with Crippen LogP contribution in [0.2, 0.25) is 0 Å². The number of hydrogen-bond donors (Lipinski definition) is 2. The van der Waals surface area contributed by atoms with Crippen molar-refractivity contribution in [3.8, 4) is 11.5 Å². The Balaban J connectivity index is 0.00000243. The molecule has 1 aliphatic rings. The molecule has 2 heterocycles. The lowest BCUT2D eigenvalue weighted by Crippen LogP contribution is -2.39. The number of guanidine groups is 1. The molecule has 0 spiro atoms. The van der Waals surface area contributed by atoms with E-state index >= 15 is 0 Å². The van der Waals surface area contributed by atoms with Crippen LogP contribution < -0.4 is 20.1 Å². The number of aliphatic imine (C=N–C) groups is 1. The molecule has 0 saturated heterocycles. The minimum Gasteiger partial charge on any atom is -0.469 e. The normalized spacial score (nSPS) is 12.6. The molecule has 3 rings (SSSR count). The number of nitrogens with zero attached hydrogens (tertiary/aromatic N) is 1. The highest BCUT2D eigenvalue weighted by atomic mass is 127. The lowest BCUT2D eigenvalue weighted by atomic mass is 10.1. The molecule has 2 N–H and O–H groups in total. The van der Waals surface area contributed by atoms with E-state index in [1.54, 1.807) is 6.26 Å². The molecule has 1 aliphatic heterocycles. The highest BCUT2D eigenvalue weighted by Gasteiger charge is 2.12. The van der Waals surface area contributed by atoms with Gasteiger partial charge in [0.1, 0.15) is 5.76 Å². The summed E-state index contributed by atoms with van der Waals surface area (Å²) in [6, 6.07) is 9.97. The van der Waals surface area contributed by atoms with Gasteiger partial charge in [0.15, 0.2) is 17.5 Å². The summed E-state index contributed by atoms with van der Waals surface area (Å²) >= 11 is 0. The van der Waals surface area contributed by atoms with Crippen molar-refractivity contribution in [3.63, 3.8) is 0 Å². The van der Waals surface area contributed by atoms with Gasteiger partial charge in [-0.3, -0.25) is 4.99 Å². The fourth-order valence-corrected chi connectivity index (χ4v) is 2.58. The van der Waals surface area contributed by atoms with Gasteiger partial charge in [0, 0.05) is 26.1 Å². The van der Waals surface area contributed by atoms with E-state index in [0.29, 0.717) is 6.79 Å². The van der Waals surface area contributed by atoms with Crippen molar-refractivity contribution in [3.05, 3.63) is 47.9 Å². The van der Waals surface area contributed by atoms with Gasteiger partial charge in [-0.25, -0.2) is 0 Å². The van der Waals surface area contributed by atoms with Crippen LogP contribution >= 0.6 is 24.0 Å². The highest BCUT2D eigenvalue weighted by molar-refractivity contribution is 14.0. The third-order valence-corrected chi connectivity index (χ3v) is 3.88. The Morgan fingerprint density at radius 1 is 1.08 bits per heavy atom. The van der Waals surface area contributed by atoms with Crippen molar-refractivity contribution in [2.24, 2.45) is 4.99 Å². The Hall–Kier alpha value is -1.90. The van der Waals surface area contributed by atoms with E-state index in [-0.39, 0.29) is 24.0 Å². The lowest BCUT2D eigenvalue weighted by molar-refractivity contribution is 0.174. The zero-order chi connectivity index (χ0) is 17.3. The van der Waals surface area contributed by atoms with Crippen molar-refractivity contribution in [1.29, 1.82) is 0 Å². The average molecular weight is 471 g/mol. The van der Waals surface area contributed by atoms with E-state index in [1.165, 1.54) is 5.56 Å². The van der Waals surface area contributed by atoms with E-state index in [2.05, 4.69) is 28.6 Å². The van der Waals surface area contributed by atoms with E-state index in [9.17, 15) is 0 Å².